The summed E-state index contributed by atoms with van der Waals surface area (Å²) in [4.78, 5) is 24.1. The van der Waals surface area contributed by atoms with E-state index in [2.05, 4.69) is 0 Å². The molecule has 1 aliphatic heterocycles. The predicted octanol–water partition coefficient (Wildman–Crippen LogP) is 2.14. The van der Waals surface area contributed by atoms with Crippen LogP contribution >= 0.6 is 0 Å². The van der Waals surface area contributed by atoms with Crippen molar-refractivity contribution in [1.82, 2.24) is 0 Å². The molecule has 4 nitrogen and oxygen atoms in total. The van der Waals surface area contributed by atoms with Crippen LogP contribution in [0.2, 0.25) is 0 Å². The van der Waals surface area contributed by atoms with Gasteiger partial charge in [0.1, 0.15) is 0 Å². The number of anilines is 1. The number of carbonyl (C=O) groups is 2. The second-order valence-corrected chi connectivity index (χ2v) is 4.66. The van der Waals surface area contributed by atoms with E-state index in [1.54, 1.807) is 4.90 Å². The van der Waals surface area contributed by atoms with Crippen LogP contribution in [0.5, 0.6) is 0 Å². The molecule has 1 N–H and O–H groups in total. The summed E-state index contributed by atoms with van der Waals surface area (Å²) in [6.45, 7) is 2.74. The second-order valence-electron chi connectivity index (χ2n) is 4.66. The predicted molar refractivity (Wildman–Crippen MR) is 68.7 cm³/mol. The number of carbonyl (C=O) groups excluding carboxylic acids is 1. The molecule has 1 aromatic rings. The van der Waals surface area contributed by atoms with Gasteiger partial charge in [-0.1, -0.05) is 12.1 Å². The minimum atomic E-state index is -0.797. The van der Waals surface area contributed by atoms with Crippen molar-refractivity contribution in [3.8, 4) is 0 Å². The lowest BCUT2D eigenvalue weighted by atomic mass is 10.1. The third-order valence-corrected chi connectivity index (χ3v) is 3.27. The number of aryl methyl sites for hydroxylation is 2. The number of carboxylic acid groups (broad SMARTS) is 1. The van der Waals surface area contributed by atoms with Gasteiger partial charge in [0.05, 0.1) is 0 Å². The molecule has 1 aliphatic rings. The van der Waals surface area contributed by atoms with E-state index in [1.807, 2.05) is 25.1 Å². The Hall–Kier alpha value is -1.84. The van der Waals surface area contributed by atoms with Crippen LogP contribution in [0, 0.1) is 6.92 Å². The first-order chi connectivity index (χ1) is 8.58. The first-order valence-corrected chi connectivity index (χ1v) is 6.19. The zero-order chi connectivity index (χ0) is 13.1. The van der Waals surface area contributed by atoms with Crippen LogP contribution in [0.1, 0.15) is 30.4 Å². The fourth-order valence-corrected chi connectivity index (χ4v) is 2.26. The van der Waals surface area contributed by atoms with Gasteiger partial charge in [-0.05, 0) is 37.0 Å². The van der Waals surface area contributed by atoms with E-state index in [9.17, 15) is 9.59 Å². The van der Waals surface area contributed by atoms with Crippen LogP contribution < -0.4 is 4.90 Å². The molecule has 0 bridgehead atoms. The summed E-state index contributed by atoms with van der Waals surface area (Å²) in [5, 5.41) is 8.69. The lowest BCUT2D eigenvalue weighted by Gasteiger charge is -2.19. The molecular formula is C14H17NO3. The average Bonchev–Trinajstić information content (AvgIpc) is 2.74. The molecule has 4 heteroatoms. The molecule has 2 rings (SSSR count). The standard InChI is InChI=1S/C14H17NO3/c1-10-4-5-11(6-7-14(17)18)9-12(10)15-8-2-3-13(15)16/h4-5,9H,2-3,6-8H2,1H3,(H,17,18). The monoisotopic (exact) mass is 247 g/mol. The van der Waals surface area contributed by atoms with Gasteiger partial charge in [0, 0.05) is 25.1 Å². The van der Waals surface area contributed by atoms with Crippen molar-refractivity contribution < 1.29 is 14.7 Å². The van der Waals surface area contributed by atoms with E-state index in [0.717, 1.165) is 29.8 Å². The van der Waals surface area contributed by atoms with Gasteiger partial charge in [0.25, 0.3) is 0 Å². The smallest absolute Gasteiger partial charge is 0.303 e. The fraction of sp³-hybridized carbons (Fsp3) is 0.429. The van der Waals surface area contributed by atoms with Crippen molar-refractivity contribution in [2.75, 3.05) is 11.4 Å². The number of hydrogen-bond donors (Lipinski definition) is 1. The highest BCUT2D eigenvalue weighted by Crippen LogP contribution is 2.26. The minimum Gasteiger partial charge on any atom is -0.481 e. The summed E-state index contributed by atoms with van der Waals surface area (Å²) >= 11 is 0. The molecular weight excluding hydrogens is 230 g/mol. The number of carboxylic acids is 1. The maximum atomic E-state index is 11.7. The van der Waals surface area contributed by atoms with Crippen molar-refractivity contribution in [1.29, 1.82) is 0 Å². The lowest BCUT2D eigenvalue weighted by Crippen LogP contribution is -2.24. The third-order valence-electron chi connectivity index (χ3n) is 3.27. The number of amides is 1. The van der Waals surface area contributed by atoms with Gasteiger partial charge >= 0.3 is 5.97 Å². The highest BCUT2D eigenvalue weighted by molar-refractivity contribution is 5.96. The van der Waals surface area contributed by atoms with Crippen molar-refractivity contribution in [3.05, 3.63) is 29.3 Å². The summed E-state index contributed by atoms with van der Waals surface area (Å²) in [6, 6.07) is 5.84. The Morgan fingerprint density at radius 1 is 1.44 bits per heavy atom. The summed E-state index contributed by atoms with van der Waals surface area (Å²) < 4.78 is 0. The quantitative estimate of drug-likeness (QED) is 0.886. The van der Waals surface area contributed by atoms with Crippen LogP contribution in [0.3, 0.4) is 0 Å². The number of rotatable bonds is 4. The van der Waals surface area contributed by atoms with Crippen molar-refractivity contribution in [3.63, 3.8) is 0 Å². The van der Waals surface area contributed by atoms with Crippen LogP contribution in [0.15, 0.2) is 18.2 Å². The van der Waals surface area contributed by atoms with Crippen molar-refractivity contribution >= 4 is 17.6 Å². The number of aliphatic carboxylic acids is 1. The van der Waals surface area contributed by atoms with Gasteiger partial charge in [-0.3, -0.25) is 9.59 Å². The van der Waals surface area contributed by atoms with E-state index in [4.69, 9.17) is 5.11 Å². The SMILES string of the molecule is Cc1ccc(CCC(=O)O)cc1N1CCCC1=O. The van der Waals surface area contributed by atoms with Gasteiger partial charge in [-0.15, -0.1) is 0 Å². The Morgan fingerprint density at radius 3 is 2.83 bits per heavy atom. The van der Waals surface area contributed by atoms with Crippen LogP contribution in [-0.2, 0) is 16.0 Å². The highest BCUT2D eigenvalue weighted by atomic mass is 16.4. The first kappa shape index (κ1) is 12.6. The van der Waals surface area contributed by atoms with E-state index >= 15 is 0 Å². The van der Waals surface area contributed by atoms with E-state index in [-0.39, 0.29) is 12.3 Å². The van der Waals surface area contributed by atoms with Crippen molar-refractivity contribution in [2.24, 2.45) is 0 Å². The van der Waals surface area contributed by atoms with Gasteiger partial charge in [-0.25, -0.2) is 0 Å². The fourth-order valence-electron chi connectivity index (χ4n) is 2.26. The highest BCUT2D eigenvalue weighted by Gasteiger charge is 2.23. The molecule has 1 amide bonds. The Kier molecular flexibility index (Phi) is 3.65. The molecule has 0 radical (unpaired) electrons. The van der Waals surface area contributed by atoms with Crippen molar-refractivity contribution in [2.45, 2.75) is 32.6 Å². The molecule has 1 saturated heterocycles. The summed E-state index contributed by atoms with van der Waals surface area (Å²) in [7, 11) is 0. The maximum Gasteiger partial charge on any atom is 0.303 e. The van der Waals surface area contributed by atoms with Crippen LogP contribution in [0.25, 0.3) is 0 Å². The summed E-state index contributed by atoms with van der Waals surface area (Å²) in [6.07, 6.45) is 2.14. The van der Waals surface area contributed by atoms with E-state index < -0.39 is 5.97 Å². The summed E-state index contributed by atoms with van der Waals surface area (Å²) in [5.41, 5.74) is 2.96. The molecule has 96 valence electrons. The number of hydrogen-bond acceptors (Lipinski definition) is 2. The molecule has 0 atom stereocenters. The molecule has 0 unspecified atom stereocenters. The molecule has 0 aromatic heterocycles. The van der Waals surface area contributed by atoms with Gasteiger partial charge in [0.2, 0.25) is 5.91 Å². The Bertz CT molecular complexity index is 482. The molecule has 1 fully saturated rings. The maximum absolute atomic E-state index is 11.7. The Morgan fingerprint density at radius 2 is 2.22 bits per heavy atom. The average molecular weight is 247 g/mol. The molecule has 0 spiro atoms. The second kappa shape index (κ2) is 5.21. The molecule has 0 aliphatic carbocycles. The van der Waals surface area contributed by atoms with Crippen LogP contribution in [0.4, 0.5) is 5.69 Å². The number of nitrogens with zero attached hydrogens (tertiary/aromatic N) is 1. The zero-order valence-electron chi connectivity index (χ0n) is 10.5. The Balaban J connectivity index is 2.21. The van der Waals surface area contributed by atoms with E-state index in [0.29, 0.717) is 12.8 Å². The number of benzene rings is 1. The van der Waals surface area contributed by atoms with E-state index in [1.165, 1.54) is 0 Å². The van der Waals surface area contributed by atoms with Gasteiger partial charge < -0.3 is 10.0 Å². The largest absolute Gasteiger partial charge is 0.481 e. The minimum absolute atomic E-state index is 0.121. The van der Waals surface area contributed by atoms with Gasteiger partial charge in [0.15, 0.2) is 0 Å². The zero-order valence-corrected chi connectivity index (χ0v) is 10.5. The van der Waals surface area contributed by atoms with Gasteiger partial charge in [-0.2, -0.15) is 0 Å². The summed E-state index contributed by atoms with van der Waals surface area (Å²) in [5.74, 6) is -0.636. The first-order valence-electron chi connectivity index (χ1n) is 6.19. The van der Waals surface area contributed by atoms with Crippen LogP contribution in [-0.4, -0.2) is 23.5 Å². The third kappa shape index (κ3) is 2.70. The Labute approximate surface area is 106 Å². The molecule has 1 heterocycles. The molecule has 1 aromatic carbocycles. The molecule has 18 heavy (non-hydrogen) atoms. The lowest BCUT2D eigenvalue weighted by molar-refractivity contribution is -0.137. The normalized spacial score (nSPS) is 15.2. The molecule has 0 saturated carbocycles. The topological polar surface area (TPSA) is 57.6 Å².